The van der Waals surface area contributed by atoms with Gasteiger partial charge in [0, 0.05) is 49.7 Å². The topological polar surface area (TPSA) is 60.9 Å². The first-order chi connectivity index (χ1) is 15.5. The molecule has 0 saturated carbocycles. The second kappa shape index (κ2) is 9.85. The first-order valence-electron chi connectivity index (χ1n) is 10.7. The fourth-order valence-corrected chi connectivity index (χ4v) is 6.12. The summed E-state index contributed by atoms with van der Waals surface area (Å²) >= 11 is 1.75. The number of anilines is 1. The van der Waals surface area contributed by atoms with Crippen LogP contribution in [0.2, 0.25) is 0 Å². The van der Waals surface area contributed by atoms with Crippen molar-refractivity contribution in [1.82, 2.24) is 9.80 Å². The van der Waals surface area contributed by atoms with Crippen molar-refractivity contribution in [3.63, 3.8) is 0 Å². The number of hydrogen-bond donors (Lipinski definition) is 0. The molecule has 1 amide bonds. The molecule has 2 heterocycles. The van der Waals surface area contributed by atoms with Crippen LogP contribution >= 0.6 is 11.3 Å². The summed E-state index contributed by atoms with van der Waals surface area (Å²) in [7, 11) is -3.70. The molecule has 1 fully saturated rings. The van der Waals surface area contributed by atoms with Crippen LogP contribution in [0.3, 0.4) is 0 Å². The predicted octanol–water partition coefficient (Wildman–Crippen LogP) is 3.92. The van der Waals surface area contributed by atoms with Crippen molar-refractivity contribution in [2.24, 2.45) is 0 Å². The van der Waals surface area contributed by atoms with Gasteiger partial charge < -0.3 is 4.90 Å². The van der Waals surface area contributed by atoms with Crippen LogP contribution in [0, 0.1) is 0 Å². The van der Waals surface area contributed by atoms with Gasteiger partial charge in [0.15, 0.2) is 0 Å². The third-order valence-electron chi connectivity index (χ3n) is 5.64. The van der Waals surface area contributed by atoms with Crippen molar-refractivity contribution >= 4 is 33.0 Å². The molecular formula is C24H27N3O3S2. The average Bonchev–Trinajstić information content (AvgIpc) is 3.33. The number of nitrogens with zero attached hydrogens (tertiary/aromatic N) is 3. The van der Waals surface area contributed by atoms with E-state index in [1.807, 2.05) is 23.1 Å². The minimum Gasteiger partial charge on any atom is -0.336 e. The van der Waals surface area contributed by atoms with E-state index in [-0.39, 0.29) is 10.8 Å². The number of carbonyl (C=O) groups excluding carboxylic acids is 1. The number of benzene rings is 2. The predicted molar refractivity (Wildman–Crippen MR) is 129 cm³/mol. The Morgan fingerprint density at radius 1 is 0.938 bits per heavy atom. The van der Waals surface area contributed by atoms with E-state index in [0.717, 1.165) is 19.6 Å². The fourth-order valence-electron chi connectivity index (χ4n) is 3.90. The second-order valence-corrected chi connectivity index (χ2v) is 10.6. The van der Waals surface area contributed by atoms with Crippen LogP contribution < -0.4 is 4.31 Å². The molecule has 8 heteroatoms. The highest BCUT2D eigenvalue weighted by molar-refractivity contribution is 7.92. The number of para-hydroxylation sites is 1. The molecule has 0 aliphatic carbocycles. The quantitative estimate of drug-likeness (QED) is 0.526. The van der Waals surface area contributed by atoms with E-state index < -0.39 is 10.0 Å². The number of piperazine rings is 1. The number of hydrogen-bond acceptors (Lipinski definition) is 5. The molecule has 2 aromatic carbocycles. The number of sulfonamides is 1. The molecule has 1 aliphatic heterocycles. The van der Waals surface area contributed by atoms with Gasteiger partial charge in [-0.3, -0.25) is 14.0 Å². The SMILES string of the molecule is CCN(c1ccccc1)S(=O)(=O)c1ccc(C(=O)N2CCN(Cc3cccs3)CC2)cc1. The minimum absolute atomic E-state index is 0.0554. The fraction of sp³-hybridized carbons (Fsp3) is 0.292. The molecule has 0 bridgehead atoms. The Labute approximate surface area is 193 Å². The highest BCUT2D eigenvalue weighted by Gasteiger charge is 2.25. The molecule has 6 nitrogen and oxygen atoms in total. The maximum atomic E-state index is 13.1. The lowest BCUT2D eigenvalue weighted by Gasteiger charge is -2.34. The lowest BCUT2D eigenvalue weighted by atomic mass is 10.2. The van der Waals surface area contributed by atoms with Gasteiger partial charge in [0.1, 0.15) is 0 Å². The minimum atomic E-state index is -3.70. The van der Waals surface area contributed by atoms with Crippen LogP contribution in [0.1, 0.15) is 22.2 Å². The molecule has 0 spiro atoms. The Morgan fingerprint density at radius 3 is 2.22 bits per heavy atom. The third-order valence-corrected chi connectivity index (χ3v) is 8.42. The van der Waals surface area contributed by atoms with E-state index in [4.69, 9.17) is 0 Å². The molecule has 32 heavy (non-hydrogen) atoms. The summed E-state index contributed by atoms with van der Waals surface area (Å²) in [6.07, 6.45) is 0. The van der Waals surface area contributed by atoms with Crippen LogP contribution in [0.5, 0.6) is 0 Å². The van der Waals surface area contributed by atoms with Crippen LogP contribution in [0.4, 0.5) is 5.69 Å². The second-order valence-electron chi connectivity index (χ2n) is 7.68. The maximum Gasteiger partial charge on any atom is 0.264 e. The molecule has 1 saturated heterocycles. The molecule has 0 radical (unpaired) electrons. The van der Waals surface area contributed by atoms with Gasteiger partial charge in [-0.15, -0.1) is 11.3 Å². The summed E-state index contributed by atoms with van der Waals surface area (Å²) in [6, 6.07) is 19.5. The lowest BCUT2D eigenvalue weighted by molar-refractivity contribution is 0.0629. The van der Waals surface area contributed by atoms with Gasteiger partial charge in [0.05, 0.1) is 10.6 Å². The zero-order chi connectivity index (χ0) is 22.6. The largest absolute Gasteiger partial charge is 0.336 e. The first-order valence-corrected chi connectivity index (χ1v) is 13.0. The van der Waals surface area contributed by atoms with Crippen LogP contribution in [-0.2, 0) is 16.6 Å². The maximum absolute atomic E-state index is 13.1. The summed E-state index contributed by atoms with van der Waals surface area (Å²) in [5.74, 6) is -0.0554. The Hall–Kier alpha value is -2.68. The van der Waals surface area contributed by atoms with E-state index in [0.29, 0.717) is 30.9 Å². The standard InChI is InChI=1S/C24H27N3O3S2/c1-2-27(21-7-4-3-5-8-21)32(29,30)23-12-10-20(11-13-23)24(28)26-16-14-25(15-17-26)19-22-9-6-18-31-22/h3-13,18H,2,14-17,19H2,1H3. The first kappa shape index (κ1) is 22.5. The molecule has 168 valence electrons. The van der Waals surface area contributed by atoms with Gasteiger partial charge in [-0.2, -0.15) is 0 Å². The number of amides is 1. The van der Waals surface area contributed by atoms with Crippen molar-refractivity contribution in [3.05, 3.63) is 82.6 Å². The van der Waals surface area contributed by atoms with Gasteiger partial charge in [0.2, 0.25) is 0 Å². The van der Waals surface area contributed by atoms with Crippen LogP contribution in [0.25, 0.3) is 0 Å². The van der Waals surface area contributed by atoms with E-state index in [9.17, 15) is 13.2 Å². The zero-order valence-corrected chi connectivity index (χ0v) is 19.7. The van der Waals surface area contributed by atoms with Gasteiger partial charge in [0.25, 0.3) is 15.9 Å². The molecule has 0 unspecified atom stereocenters. The van der Waals surface area contributed by atoms with E-state index in [2.05, 4.69) is 22.4 Å². The molecule has 1 aliphatic rings. The van der Waals surface area contributed by atoms with Crippen LogP contribution in [-0.4, -0.2) is 56.8 Å². The summed E-state index contributed by atoms with van der Waals surface area (Å²) in [5.41, 5.74) is 1.13. The van der Waals surface area contributed by atoms with Gasteiger partial charge in [-0.1, -0.05) is 24.3 Å². The Bertz CT molecular complexity index is 1120. The monoisotopic (exact) mass is 469 g/mol. The van der Waals surface area contributed by atoms with Gasteiger partial charge in [-0.25, -0.2) is 8.42 Å². The molecule has 3 aromatic rings. The summed E-state index contributed by atoms with van der Waals surface area (Å²) in [6.45, 7) is 6.05. The highest BCUT2D eigenvalue weighted by atomic mass is 32.2. The van der Waals surface area contributed by atoms with Crippen molar-refractivity contribution in [3.8, 4) is 0 Å². The van der Waals surface area contributed by atoms with E-state index in [1.165, 1.54) is 21.3 Å². The normalized spacial score (nSPS) is 15.0. The highest BCUT2D eigenvalue weighted by Crippen LogP contribution is 2.24. The Morgan fingerprint density at radius 2 is 1.62 bits per heavy atom. The number of thiophene rings is 1. The molecule has 0 atom stereocenters. The Balaban J connectivity index is 1.41. The van der Waals surface area contributed by atoms with E-state index in [1.54, 1.807) is 42.5 Å². The van der Waals surface area contributed by atoms with Gasteiger partial charge in [-0.05, 0) is 54.8 Å². The van der Waals surface area contributed by atoms with Crippen molar-refractivity contribution < 1.29 is 13.2 Å². The lowest BCUT2D eigenvalue weighted by Crippen LogP contribution is -2.48. The number of rotatable bonds is 7. The molecule has 4 rings (SSSR count). The Kier molecular flexibility index (Phi) is 6.93. The molecule has 0 N–H and O–H groups in total. The van der Waals surface area contributed by atoms with Crippen molar-refractivity contribution in [2.75, 3.05) is 37.0 Å². The number of carbonyl (C=O) groups is 1. The van der Waals surface area contributed by atoms with Crippen molar-refractivity contribution in [2.45, 2.75) is 18.4 Å². The average molecular weight is 470 g/mol. The van der Waals surface area contributed by atoms with E-state index >= 15 is 0 Å². The molecular weight excluding hydrogens is 442 g/mol. The van der Waals surface area contributed by atoms with Gasteiger partial charge >= 0.3 is 0 Å². The molecule has 1 aromatic heterocycles. The summed E-state index contributed by atoms with van der Waals surface area (Å²) < 4.78 is 27.7. The smallest absolute Gasteiger partial charge is 0.264 e. The zero-order valence-electron chi connectivity index (χ0n) is 18.1. The van der Waals surface area contributed by atoms with Crippen molar-refractivity contribution in [1.29, 1.82) is 0 Å². The summed E-state index contributed by atoms with van der Waals surface area (Å²) in [4.78, 5) is 18.7. The third kappa shape index (κ3) is 4.87. The summed E-state index contributed by atoms with van der Waals surface area (Å²) in [5, 5.41) is 2.08. The van der Waals surface area contributed by atoms with Crippen LogP contribution in [0.15, 0.2) is 77.0 Å².